The molecular formula is C9H11N3S. The van der Waals surface area contributed by atoms with Crippen LogP contribution in [0.15, 0.2) is 12.3 Å². The van der Waals surface area contributed by atoms with E-state index in [0.29, 0.717) is 0 Å². The molecule has 0 saturated heterocycles. The van der Waals surface area contributed by atoms with E-state index in [2.05, 4.69) is 28.8 Å². The lowest BCUT2D eigenvalue weighted by Gasteiger charge is -1.96. The van der Waals surface area contributed by atoms with Crippen LogP contribution in [0.1, 0.15) is 11.3 Å². The fourth-order valence-corrected chi connectivity index (χ4v) is 1.61. The summed E-state index contributed by atoms with van der Waals surface area (Å²) >= 11 is 4.21. The van der Waals surface area contributed by atoms with Gasteiger partial charge in [-0.25, -0.2) is 4.98 Å². The second-order valence-electron chi connectivity index (χ2n) is 3.08. The van der Waals surface area contributed by atoms with Crippen molar-refractivity contribution in [3.05, 3.63) is 23.5 Å². The van der Waals surface area contributed by atoms with Gasteiger partial charge in [0.1, 0.15) is 0 Å². The van der Waals surface area contributed by atoms with E-state index in [1.54, 1.807) is 4.68 Å². The summed E-state index contributed by atoms with van der Waals surface area (Å²) in [5, 5.41) is 5.41. The molecule has 0 aliphatic carbocycles. The van der Waals surface area contributed by atoms with Gasteiger partial charge in [-0.15, -0.1) is 0 Å². The van der Waals surface area contributed by atoms with Gasteiger partial charge in [-0.05, 0) is 18.6 Å². The number of pyridine rings is 1. The third kappa shape index (κ3) is 1.31. The Bertz CT molecular complexity index is 447. The summed E-state index contributed by atoms with van der Waals surface area (Å²) in [4.78, 5) is 4.32. The summed E-state index contributed by atoms with van der Waals surface area (Å²) in [5.41, 5.74) is 3.09. The molecule has 0 aliphatic heterocycles. The van der Waals surface area contributed by atoms with Crippen molar-refractivity contribution >= 4 is 23.7 Å². The van der Waals surface area contributed by atoms with E-state index in [-0.39, 0.29) is 0 Å². The molecule has 0 fully saturated rings. The van der Waals surface area contributed by atoms with E-state index in [1.807, 2.05) is 20.2 Å². The van der Waals surface area contributed by atoms with Crippen molar-refractivity contribution in [1.29, 1.82) is 0 Å². The zero-order valence-corrected chi connectivity index (χ0v) is 8.55. The van der Waals surface area contributed by atoms with Crippen LogP contribution in [0.4, 0.5) is 0 Å². The Hall–Kier alpha value is -1.03. The van der Waals surface area contributed by atoms with E-state index in [9.17, 15) is 0 Å². The molecule has 2 heterocycles. The average molecular weight is 193 g/mol. The standard InChI is InChI=1S/C9H11N3S/c1-6-8-3-7(5-13)4-10-9(8)12(2)11-6/h3-4,13H,5H2,1-2H3. The number of fused-ring (bicyclic) bond motifs is 1. The molecule has 0 spiro atoms. The summed E-state index contributed by atoms with van der Waals surface area (Å²) in [7, 11) is 1.91. The van der Waals surface area contributed by atoms with Gasteiger partial charge in [-0.2, -0.15) is 17.7 Å². The van der Waals surface area contributed by atoms with Crippen LogP contribution < -0.4 is 0 Å². The molecule has 68 valence electrons. The van der Waals surface area contributed by atoms with Crippen LogP contribution in [0.5, 0.6) is 0 Å². The lowest BCUT2D eigenvalue weighted by atomic mass is 10.2. The Morgan fingerprint density at radius 2 is 2.31 bits per heavy atom. The highest BCUT2D eigenvalue weighted by molar-refractivity contribution is 7.79. The van der Waals surface area contributed by atoms with Gasteiger partial charge in [0.05, 0.1) is 5.69 Å². The maximum Gasteiger partial charge on any atom is 0.157 e. The normalized spacial score (nSPS) is 11.0. The Kier molecular flexibility index (Phi) is 2.00. The van der Waals surface area contributed by atoms with E-state index in [1.165, 1.54) is 0 Å². The second kappa shape index (κ2) is 3.03. The van der Waals surface area contributed by atoms with Crippen LogP contribution in [0.2, 0.25) is 0 Å². The van der Waals surface area contributed by atoms with Crippen LogP contribution in [0.3, 0.4) is 0 Å². The van der Waals surface area contributed by atoms with Crippen LogP contribution in [-0.2, 0) is 12.8 Å². The van der Waals surface area contributed by atoms with E-state index < -0.39 is 0 Å². The average Bonchev–Trinajstić information content (AvgIpc) is 2.42. The number of hydrogen-bond acceptors (Lipinski definition) is 3. The Labute approximate surface area is 82.2 Å². The van der Waals surface area contributed by atoms with E-state index in [0.717, 1.165) is 28.0 Å². The fraction of sp³-hybridized carbons (Fsp3) is 0.333. The van der Waals surface area contributed by atoms with Gasteiger partial charge in [-0.3, -0.25) is 4.68 Å². The highest BCUT2D eigenvalue weighted by Gasteiger charge is 2.05. The molecule has 2 aromatic heterocycles. The smallest absolute Gasteiger partial charge is 0.157 e. The Morgan fingerprint density at radius 1 is 1.54 bits per heavy atom. The molecule has 13 heavy (non-hydrogen) atoms. The summed E-state index contributed by atoms with van der Waals surface area (Å²) in [5.74, 6) is 0.720. The summed E-state index contributed by atoms with van der Waals surface area (Å²) < 4.78 is 1.80. The predicted octanol–water partition coefficient (Wildman–Crippen LogP) is 1.71. The molecule has 0 bridgehead atoms. The second-order valence-corrected chi connectivity index (χ2v) is 3.40. The molecule has 4 heteroatoms. The molecule has 0 N–H and O–H groups in total. The SMILES string of the molecule is Cc1nn(C)c2ncc(CS)cc12. The number of thiol groups is 1. The molecule has 0 radical (unpaired) electrons. The van der Waals surface area contributed by atoms with Gasteiger partial charge in [0.2, 0.25) is 0 Å². The van der Waals surface area contributed by atoms with Crippen molar-refractivity contribution in [1.82, 2.24) is 14.8 Å². The summed E-state index contributed by atoms with van der Waals surface area (Å²) in [6.45, 7) is 1.99. The predicted molar refractivity (Wildman–Crippen MR) is 55.9 cm³/mol. The molecule has 0 aliphatic rings. The molecule has 0 amide bonds. The number of rotatable bonds is 1. The lowest BCUT2D eigenvalue weighted by Crippen LogP contribution is -1.91. The topological polar surface area (TPSA) is 30.7 Å². The molecule has 0 unspecified atom stereocenters. The first-order valence-electron chi connectivity index (χ1n) is 4.11. The van der Waals surface area contributed by atoms with Gasteiger partial charge in [-0.1, -0.05) is 0 Å². The van der Waals surface area contributed by atoms with Crippen LogP contribution in [0, 0.1) is 6.92 Å². The molecule has 2 rings (SSSR count). The molecule has 2 aromatic rings. The third-order valence-electron chi connectivity index (χ3n) is 2.10. The minimum Gasteiger partial charge on any atom is -0.250 e. The lowest BCUT2D eigenvalue weighted by molar-refractivity contribution is 0.773. The van der Waals surface area contributed by atoms with Gasteiger partial charge in [0, 0.05) is 24.4 Å². The minimum atomic E-state index is 0.720. The first-order chi connectivity index (χ1) is 6.22. The summed E-state index contributed by atoms with van der Waals surface area (Å²) in [6, 6.07) is 2.09. The van der Waals surface area contributed by atoms with Crippen molar-refractivity contribution in [2.24, 2.45) is 7.05 Å². The van der Waals surface area contributed by atoms with E-state index in [4.69, 9.17) is 0 Å². The Morgan fingerprint density at radius 3 is 3.00 bits per heavy atom. The maximum absolute atomic E-state index is 4.32. The zero-order valence-electron chi connectivity index (χ0n) is 7.65. The number of aromatic nitrogens is 3. The highest BCUT2D eigenvalue weighted by atomic mass is 32.1. The zero-order chi connectivity index (χ0) is 9.42. The molecular weight excluding hydrogens is 182 g/mol. The first kappa shape index (κ1) is 8.56. The largest absolute Gasteiger partial charge is 0.250 e. The van der Waals surface area contributed by atoms with Crippen LogP contribution in [0.25, 0.3) is 11.0 Å². The van der Waals surface area contributed by atoms with E-state index >= 15 is 0 Å². The number of nitrogens with zero attached hydrogens (tertiary/aromatic N) is 3. The van der Waals surface area contributed by atoms with Crippen molar-refractivity contribution < 1.29 is 0 Å². The summed E-state index contributed by atoms with van der Waals surface area (Å²) in [6.07, 6.45) is 1.84. The van der Waals surface area contributed by atoms with Crippen molar-refractivity contribution in [2.75, 3.05) is 0 Å². The van der Waals surface area contributed by atoms with Gasteiger partial charge in [0.25, 0.3) is 0 Å². The van der Waals surface area contributed by atoms with Gasteiger partial charge in [0.15, 0.2) is 5.65 Å². The van der Waals surface area contributed by atoms with Crippen LogP contribution in [-0.4, -0.2) is 14.8 Å². The molecule has 0 aromatic carbocycles. The first-order valence-corrected chi connectivity index (χ1v) is 4.74. The Balaban J connectivity index is 2.76. The monoisotopic (exact) mass is 193 g/mol. The number of hydrogen-bond donors (Lipinski definition) is 1. The highest BCUT2D eigenvalue weighted by Crippen LogP contribution is 2.16. The van der Waals surface area contributed by atoms with Crippen LogP contribution >= 0.6 is 12.6 Å². The van der Waals surface area contributed by atoms with Crippen molar-refractivity contribution in [3.8, 4) is 0 Å². The number of aryl methyl sites for hydroxylation is 2. The van der Waals surface area contributed by atoms with Gasteiger partial charge < -0.3 is 0 Å². The maximum atomic E-state index is 4.32. The molecule has 3 nitrogen and oxygen atoms in total. The fourth-order valence-electron chi connectivity index (χ4n) is 1.44. The van der Waals surface area contributed by atoms with Crippen molar-refractivity contribution in [3.63, 3.8) is 0 Å². The quantitative estimate of drug-likeness (QED) is 0.699. The minimum absolute atomic E-state index is 0.720. The van der Waals surface area contributed by atoms with Gasteiger partial charge >= 0.3 is 0 Å². The van der Waals surface area contributed by atoms with Crippen molar-refractivity contribution in [2.45, 2.75) is 12.7 Å². The third-order valence-corrected chi connectivity index (χ3v) is 2.47. The molecule has 0 atom stereocenters. The molecule has 0 saturated carbocycles.